The Labute approximate surface area is 66.4 Å². The van der Waals surface area contributed by atoms with Gasteiger partial charge in [0.05, 0.1) is 6.54 Å². The van der Waals surface area contributed by atoms with Crippen LogP contribution in [0.1, 0.15) is 13.8 Å². The van der Waals surface area contributed by atoms with Crippen molar-refractivity contribution in [1.82, 2.24) is 9.80 Å². The summed E-state index contributed by atoms with van der Waals surface area (Å²) in [5.74, 6) is -0.00463. The molecular formula is C7H14N2O2. The first-order valence-electron chi connectivity index (χ1n) is 3.73. The van der Waals surface area contributed by atoms with Gasteiger partial charge < -0.3 is 10.0 Å². The van der Waals surface area contributed by atoms with Gasteiger partial charge in [-0.1, -0.05) is 0 Å². The number of carbonyl (C=O) groups excluding carboxylic acids is 1. The van der Waals surface area contributed by atoms with Crippen LogP contribution in [0, 0.1) is 0 Å². The molecule has 1 aliphatic rings. The molecule has 0 aromatic carbocycles. The third-order valence-electron chi connectivity index (χ3n) is 1.87. The van der Waals surface area contributed by atoms with E-state index >= 15 is 0 Å². The van der Waals surface area contributed by atoms with E-state index in [9.17, 15) is 9.90 Å². The van der Waals surface area contributed by atoms with Crippen molar-refractivity contribution in [1.29, 1.82) is 0 Å². The van der Waals surface area contributed by atoms with E-state index in [-0.39, 0.29) is 11.9 Å². The second-order valence-corrected chi connectivity index (χ2v) is 3.16. The molecule has 1 aliphatic heterocycles. The molecule has 1 amide bonds. The van der Waals surface area contributed by atoms with Crippen LogP contribution in [-0.4, -0.2) is 46.8 Å². The second-order valence-electron chi connectivity index (χ2n) is 3.16. The van der Waals surface area contributed by atoms with Gasteiger partial charge in [0.25, 0.3) is 0 Å². The van der Waals surface area contributed by atoms with Crippen molar-refractivity contribution in [2.75, 3.05) is 13.6 Å². The van der Waals surface area contributed by atoms with Crippen molar-refractivity contribution in [3.63, 3.8) is 0 Å². The lowest BCUT2D eigenvalue weighted by Crippen LogP contribution is -2.42. The summed E-state index contributed by atoms with van der Waals surface area (Å²) in [6, 6.07) is 0.0717. The summed E-state index contributed by atoms with van der Waals surface area (Å²) >= 11 is 0. The molecule has 64 valence electrons. The largest absolute Gasteiger partial charge is 0.361 e. The van der Waals surface area contributed by atoms with Crippen LogP contribution in [0.15, 0.2) is 0 Å². The summed E-state index contributed by atoms with van der Waals surface area (Å²) in [4.78, 5) is 14.2. The number of nitrogens with zero attached hydrogens (tertiary/aromatic N) is 2. The molecule has 0 radical (unpaired) electrons. The first-order chi connectivity index (χ1) is 5.04. The first kappa shape index (κ1) is 8.49. The van der Waals surface area contributed by atoms with E-state index in [0.29, 0.717) is 6.54 Å². The molecule has 1 rings (SSSR count). The molecule has 0 bridgehead atoms. The fourth-order valence-corrected chi connectivity index (χ4v) is 1.27. The fourth-order valence-electron chi connectivity index (χ4n) is 1.27. The lowest BCUT2D eigenvalue weighted by atomic mass is 10.3. The maximum Gasteiger partial charge on any atom is 0.240 e. The van der Waals surface area contributed by atoms with E-state index in [0.717, 1.165) is 0 Å². The highest BCUT2D eigenvalue weighted by molar-refractivity contribution is 5.80. The third kappa shape index (κ3) is 1.36. The van der Waals surface area contributed by atoms with Gasteiger partial charge in [-0.2, -0.15) is 0 Å². The molecule has 1 N–H and O–H groups in total. The maximum absolute atomic E-state index is 11.2. The molecule has 0 aliphatic carbocycles. The predicted molar refractivity (Wildman–Crippen MR) is 40.6 cm³/mol. The van der Waals surface area contributed by atoms with E-state index in [1.54, 1.807) is 11.9 Å². The van der Waals surface area contributed by atoms with Gasteiger partial charge in [0.1, 0.15) is 0 Å². The Morgan fingerprint density at radius 3 is 2.36 bits per heavy atom. The monoisotopic (exact) mass is 158 g/mol. The van der Waals surface area contributed by atoms with Crippen LogP contribution in [0.3, 0.4) is 0 Å². The Bertz CT molecular complexity index is 170. The second kappa shape index (κ2) is 2.79. The number of hydrogen-bond acceptors (Lipinski definition) is 3. The molecule has 0 spiro atoms. The maximum atomic E-state index is 11.2. The Hall–Kier alpha value is -0.610. The van der Waals surface area contributed by atoms with Gasteiger partial charge in [-0.15, -0.1) is 0 Å². The van der Waals surface area contributed by atoms with Crippen LogP contribution in [0.5, 0.6) is 0 Å². The number of aliphatic hydroxyl groups excluding tert-OH is 1. The van der Waals surface area contributed by atoms with Gasteiger partial charge in [0, 0.05) is 6.04 Å². The van der Waals surface area contributed by atoms with E-state index < -0.39 is 6.35 Å². The molecule has 1 atom stereocenters. The molecule has 11 heavy (non-hydrogen) atoms. The fraction of sp³-hybridized carbons (Fsp3) is 0.857. The smallest absolute Gasteiger partial charge is 0.240 e. The van der Waals surface area contributed by atoms with Crippen molar-refractivity contribution in [3.05, 3.63) is 0 Å². The summed E-state index contributed by atoms with van der Waals surface area (Å²) in [5.41, 5.74) is 0. The molecule has 1 fully saturated rings. The summed E-state index contributed by atoms with van der Waals surface area (Å²) in [6.45, 7) is 4.10. The van der Waals surface area contributed by atoms with Crippen LogP contribution >= 0.6 is 0 Å². The Morgan fingerprint density at radius 1 is 1.64 bits per heavy atom. The van der Waals surface area contributed by atoms with Gasteiger partial charge in [0.15, 0.2) is 6.35 Å². The van der Waals surface area contributed by atoms with Crippen LogP contribution in [0.25, 0.3) is 0 Å². The molecule has 4 heteroatoms. The zero-order valence-electron chi connectivity index (χ0n) is 7.11. The van der Waals surface area contributed by atoms with Crippen LogP contribution < -0.4 is 0 Å². The normalized spacial score (nSPS) is 27.2. The molecule has 0 saturated carbocycles. The molecule has 4 nitrogen and oxygen atoms in total. The zero-order chi connectivity index (χ0) is 8.59. The molecule has 0 aromatic heterocycles. The Kier molecular flexibility index (Phi) is 2.15. The average Bonchev–Trinajstić information content (AvgIpc) is 2.07. The number of hydrogen-bond donors (Lipinski definition) is 1. The number of rotatable bonds is 1. The number of aliphatic hydroxyl groups is 1. The summed E-state index contributed by atoms with van der Waals surface area (Å²) in [7, 11) is 1.73. The highest BCUT2D eigenvalue weighted by Crippen LogP contribution is 2.14. The minimum Gasteiger partial charge on any atom is -0.361 e. The molecule has 1 heterocycles. The molecule has 0 aromatic rings. The van der Waals surface area contributed by atoms with Crippen molar-refractivity contribution in [3.8, 4) is 0 Å². The summed E-state index contributed by atoms with van der Waals surface area (Å²) in [6.07, 6.45) is -0.734. The van der Waals surface area contributed by atoms with E-state index in [1.165, 1.54) is 4.90 Å². The quantitative estimate of drug-likeness (QED) is 0.556. The zero-order valence-corrected chi connectivity index (χ0v) is 7.11. The first-order valence-corrected chi connectivity index (χ1v) is 3.73. The number of amides is 1. The minimum atomic E-state index is -0.734. The highest BCUT2D eigenvalue weighted by atomic mass is 16.3. The van der Waals surface area contributed by atoms with Gasteiger partial charge in [-0.25, -0.2) is 0 Å². The van der Waals surface area contributed by atoms with E-state index in [1.807, 2.05) is 13.8 Å². The van der Waals surface area contributed by atoms with Crippen molar-refractivity contribution >= 4 is 5.91 Å². The van der Waals surface area contributed by atoms with Gasteiger partial charge in [0.2, 0.25) is 5.91 Å². The highest BCUT2D eigenvalue weighted by Gasteiger charge is 2.35. The minimum absolute atomic E-state index is 0.00463. The number of carbonyl (C=O) groups is 1. The third-order valence-corrected chi connectivity index (χ3v) is 1.87. The molecule has 1 saturated heterocycles. The van der Waals surface area contributed by atoms with E-state index in [4.69, 9.17) is 0 Å². The predicted octanol–water partition coefficient (Wildman–Crippen LogP) is -0.555. The molecule has 1 unspecified atom stereocenters. The van der Waals surface area contributed by atoms with Gasteiger partial charge in [-0.3, -0.25) is 9.69 Å². The average molecular weight is 158 g/mol. The van der Waals surface area contributed by atoms with Gasteiger partial charge in [-0.05, 0) is 20.9 Å². The lowest BCUT2D eigenvalue weighted by Gasteiger charge is -2.26. The standard InChI is InChI=1S/C7H14N2O2/c1-5(2)9-6(10)4-8(3)7(9)11/h5,7,11H,4H2,1-3H3. The van der Waals surface area contributed by atoms with Crippen LogP contribution in [0.4, 0.5) is 0 Å². The number of likely N-dealkylation sites (N-methyl/N-ethyl adjacent to an activating group) is 1. The Balaban J connectivity index is 2.71. The lowest BCUT2D eigenvalue weighted by molar-refractivity contribution is -0.137. The van der Waals surface area contributed by atoms with Crippen LogP contribution in [-0.2, 0) is 4.79 Å². The molecular weight excluding hydrogens is 144 g/mol. The Morgan fingerprint density at radius 2 is 2.18 bits per heavy atom. The van der Waals surface area contributed by atoms with Crippen molar-refractivity contribution in [2.45, 2.75) is 26.2 Å². The van der Waals surface area contributed by atoms with Crippen molar-refractivity contribution < 1.29 is 9.90 Å². The SMILES string of the molecule is CC(C)N1C(=O)CN(C)C1O. The van der Waals surface area contributed by atoms with E-state index in [2.05, 4.69) is 0 Å². The van der Waals surface area contributed by atoms with Crippen LogP contribution in [0.2, 0.25) is 0 Å². The van der Waals surface area contributed by atoms with Gasteiger partial charge >= 0.3 is 0 Å². The summed E-state index contributed by atoms with van der Waals surface area (Å²) < 4.78 is 0. The van der Waals surface area contributed by atoms with Crippen molar-refractivity contribution in [2.24, 2.45) is 0 Å². The topological polar surface area (TPSA) is 43.8 Å². The summed E-state index contributed by atoms with van der Waals surface area (Å²) in [5, 5.41) is 9.43.